The molecule has 0 unspecified atom stereocenters. The number of hydrogen-bond donors (Lipinski definition) is 1. The number of amides is 1. The molecule has 0 bridgehead atoms. The second kappa shape index (κ2) is 9.62. The molecule has 1 saturated heterocycles. The summed E-state index contributed by atoms with van der Waals surface area (Å²) >= 11 is 1.18. The van der Waals surface area contributed by atoms with E-state index in [9.17, 15) is 22.8 Å². The second-order valence-electron chi connectivity index (χ2n) is 9.31. The van der Waals surface area contributed by atoms with Gasteiger partial charge in [-0.1, -0.05) is 0 Å². The number of benzene rings is 1. The number of nitrogens with one attached hydrogen (secondary N) is 1. The number of morpholine rings is 1. The lowest BCUT2D eigenvalue weighted by Gasteiger charge is -2.34. The van der Waals surface area contributed by atoms with E-state index in [1.54, 1.807) is 23.1 Å². The third-order valence-electron chi connectivity index (χ3n) is 6.08. The molecule has 0 aliphatic carbocycles. The molecule has 0 saturated carbocycles. The van der Waals surface area contributed by atoms with Crippen LogP contribution in [0.2, 0.25) is 0 Å². The van der Waals surface area contributed by atoms with Crippen molar-refractivity contribution >= 4 is 38.5 Å². The molecule has 4 aromatic rings. The van der Waals surface area contributed by atoms with Gasteiger partial charge in [0.05, 0.1) is 39.2 Å². The number of ether oxygens (including phenoxy) is 2. The molecule has 1 aliphatic heterocycles. The SMILES string of the molecule is Cc1nc2cc(C(F)(F)F)c([C@H](C)Oc3ccc4nc(C(=O)N5C[C@@H](C)O[C@@H](C)C5)sc4c3)nc2c(=O)[nH]1. The third-order valence-corrected chi connectivity index (χ3v) is 7.09. The highest BCUT2D eigenvalue weighted by atomic mass is 32.1. The Labute approximate surface area is 218 Å². The minimum atomic E-state index is -4.74. The molecule has 38 heavy (non-hydrogen) atoms. The van der Waals surface area contributed by atoms with Crippen LogP contribution < -0.4 is 10.3 Å². The first-order valence-electron chi connectivity index (χ1n) is 11.9. The molecular weight excluding hydrogens is 523 g/mol. The zero-order chi connectivity index (χ0) is 27.4. The van der Waals surface area contributed by atoms with Gasteiger partial charge in [-0.15, -0.1) is 11.3 Å². The summed E-state index contributed by atoms with van der Waals surface area (Å²) in [5, 5.41) is 0.309. The first-order valence-corrected chi connectivity index (χ1v) is 12.7. The molecule has 5 rings (SSSR count). The lowest BCUT2D eigenvalue weighted by molar-refractivity contribution is -0.139. The largest absolute Gasteiger partial charge is 0.484 e. The maximum absolute atomic E-state index is 13.9. The van der Waals surface area contributed by atoms with Gasteiger partial charge >= 0.3 is 6.18 Å². The van der Waals surface area contributed by atoms with Crippen molar-refractivity contribution < 1.29 is 27.4 Å². The van der Waals surface area contributed by atoms with E-state index in [1.165, 1.54) is 25.2 Å². The highest BCUT2D eigenvalue weighted by molar-refractivity contribution is 7.20. The van der Waals surface area contributed by atoms with Crippen LogP contribution in [0.5, 0.6) is 5.75 Å². The van der Waals surface area contributed by atoms with Crippen molar-refractivity contribution in [1.82, 2.24) is 24.8 Å². The Morgan fingerprint density at radius 1 is 1.16 bits per heavy atom. The number of carbonyl (C=O) groups is 1. The molecule has 200 valence electrons. The van der Waals surface area contributed by atoms with Crippen LogP contribution in [-0.2, 0) is 10.9 Å². The van der Waals surface area contributed by atoms with E-state index in [4.69, 9.17) is 9.47 Å². The van der Waals surface area contributed by atoms with E-state index in [0.717, 1.165) is 6.07 Å². The van der Waals surface area contributed by atoms with Crippen molar-refractivity contribution in [3.05, 3.63) is 56.7 Å². The first kappa shape index (κ1) is 26.0. The number of aromatic nitrogens is 4. The van der Waals surface area contributed by atoms with Crippen LogP contribution in [0, 0.1) is 6.92 Å². The average molecular weight is 548 g/mol. The summed E-state index contributed by atoms with van der Waals surface area (Å²) < 4.78 is 53.9. The van der Waals surface area contributed by atoms with E-state index in [0.29, 0.717) is 28.3 Å². The number of H-pyrrole nitrogens is 1. The van der Waals surface area contributed by atoms with Crippen LogP contribution in [-0.4, -0.2) is 56.0 Å². The highest BCUT2D eigenvalue weighted by Gasteiger charge is 2.37. The summed E-state index contributed by atoms with van der Waals surface area (Å²) in [5.41, 5.74) is -1.89. The number of nitrogens with zero attached hydrogens (tertiary/aromatic N) is 4. The zero-order valence-electron chi connectivity index (χ0n) is 20.9. The fraction of sp³-hybridized carbons (Fsp3) is 0.400. The molecule has 1 fully saturated rings. The number of aryl methyl sites for hydroxylation is 1. The van der Waals surface area contributed by atoms with Crippen LogP contribution in [0.3, 0.4) is 0 Å². The van der Waals surface area contributed by atoms with Gasteiger partial charge in [-0.3, -0.25) is 9.59 Å². The number of carbonyl (C=O) groups excluding carboxylic acids is 1. The molecule has 1 amide bonds. The normalized spacial score (nSPS) is 19.2. The van der Waals surface area contributed by atoms with E-state index >= 15 is 0 Å². The van der Waals surface area contributed by atoms with Crippen LogP contribution >= 0.6 is 11.3 Å². The molecule has 3 atom stereocenters. The van der Waals surface area contributed by atoms with Crippen LogP contribution in [0.25, 0.3) is 21.3 Å². The Bertz CT molecular complexity index is 1590. The second-order valence-corrected chi connectivity index (χ2v) is 10.3. The van der Waals surface area contributed by atoms with Gasteiger partial charge in [0.25, 0.3) is 11.5 Å². The van der Waals surface area contributed by atoms with Gasteiger partial charge < -0.3 is 19.4 Å². The maximum atomic E-state index is 13.9. The highest BCUT2D eigenvalue weighted by Crippen LogP contribution is 2.37. The molecule has 13 heteroatoms. The summed E-state index contributed by atoms with van der Waals surface area (Å²) in [6.07, 6.45) is -6.06. The number of pyridine rings is 1. The number of hydrogen-bond acceptors (Lipinski definition) is 8. The van der Waals surface area contributed by atoms with E-state index in [-0.39, 0.29) is 40.7 Å². The number of rotatable bonds is 4. The molecule has 1 N–H and O–H groups in total. The van der Waals surface area contributed by atoms with Gasteiger partial charge in [0.15, 0.2) is 10.5 Å². The van der Waals surface area contributed by atoms with E-state index < -0.39 is 29.1 Å². The lowest BCUT2D eigenvalue weighted by atomic mass is 10.1. The third kappa shape index (κ3) is 5.07. The predicted octanol–water partition coefficient (Wildman–Crippen LogP) is 4.64. The Balaban J connectivity index is 1.44. The van der Waals surface area contributed by atoms with Crippen LogP contribution in [0.4, 0.5) is 13.2 Å². The van der Waals surface area contributed by atoms with Crippen molar-refractivity contribution in [1.29, 1.82) is 0 Å². The first-order chi connectivity index (χ1) is 17.9. The standard InChI is InChI=1S/C25H24F3N5O4S/c1-11-9-33(10-12(2)36-11)24(35)23-31-17-6-5-15(7-19(17)38-23)37-13(3)20-16(25(26,27)28)8-18-21(32-20)22(34)30-14(4)29-18/h5-8,11-13H,9-10H2,1-4H3,(H,29,30,34)/t11-,12+,13-/m0/s1. The monoisotopic (exact) mass is 547 g/mol. The predicted molar refractivity (Wildman–Crippen MR) is 134 cm³/mol. The number of halogens is 3. The van der Waals surface area contributed by atoms with Gasteiger partial charge in [0.2, 0.25) is 0 Å². The molecule has 0 spiro atoms. The number of fused-ring (bicyclic) bond motifs is 2. The molecule has 4 heterocycles. The van der Waals surface area contributed by atoms with Crippen molar-refractivity contribution in [2.24, 2.45) is 0 Å². The van der Waals surface area contributed by atoms with Crippen LogP contribution in [0.1, 0.15) is 53.8 Å². The lowest BCUT2D eigenvalue weighted by Crippen LogP contribution is -2.48. The smallest absolute Gasteiger partial charge is 0.418 e. The van der Waals surface area contributed by atoms with Gasteiger partial charge in [0.1, 0.15) is 17.7 Å². The van der Waals surface area contributed by atoms with E-state index in [1.807, 2.05) is 13.8 Å². The number of aromatic amines is 1. The van der Waals surface area contributed by atoms with Crippen LogP contribution in [0.15, 0.2) is 29.1 Å². The Hall–Kier alpha value is -3.58. The zero-order valence-corrected chi connectivity index (χ0v) is 21.7. The van der Waals surface area contributed by atoms with Gasteiger partial charge in [-0.05, 0) is 52.0 Å². The summed E-state index contributed by atoms with van der Waals surface area (Å²) in [6, 6.07) is 5.65. The molecule has 0 radical (unpaired) electrons. The summed E-state index contributed by atoms with van der Waals surface area (Å²) in [4.78, 5) is 42.0. The minimum absolute atomic E-state index is 0.0840. The van der Waals surface area contributed by atoms with Gasteiger partial charge in [0, 0.05) is 13.1 Å². The van der Waals surface area contributed by atoms with Crippen molar-refractivity contribution in [3.8, 4) is 5.75 Å². The average Bonchev–Trinajstić information content (AvgIpc) is 3.25. The van der Waals surface area contributed by atoms with Gasteiger partial charge in [-0.25, -0.2) is 15.0 Å². The van der Waals surface area contributed by atoms with Crippen molar-refractivity contribution in [3.63, 3.8) is 0 Å². The fourth-order valence-electron chi connectivity index (χ4n) is 4.55. The molecule has 3 aromatic heterocycles. The van der Waals surface area contributed by atoms with Gasteiger partial charge in [-0.2, -0.15) is 13.2 Å². The number of thiazole rings is 1. The topological polar surface area (TPSA) is 110 Å². The summed E-state index contributed by atoms with van der Waals surface area (Å²) in [7, 11) is 0. The Morgan fingerprint density at radius 2 is 1.87 bits per heavy atom. The summed E-state index contributed by atoms with van der Waals surface area (Å²) in [5.74, 6) is 0.253. The maximum Gasteiger partial charge on any atom is 0.418 e. The summed E-state index contributed by atoms with van der Waals surface area (Å²) in [6.45, 7) is 7.63. The van der Waals surface area contributed by atoms with Crippen molar-refractivity contribution in [2.75, 3.05) is 13.1 Å². The fourth-order valence-corrected chi connectivity index (χ4v) is 5.51. The van der Waals surface area contributed by atoms with Crippen molar-refractivity contribution in [2.45, 2.75) is 52.2 Å². The minimum Gasteiger partial charge on any atom is -0.484 e. The Morgan fingerprint density at radius 3 is 2.55 bits per heavy atom. The van der Waals surface area contributed by atoms with E-state index in [2.05, 4.69) is 19.9 Å². The molecular formula is C25H24F3N5O4S. The molecule has 1 aliphatic rings. The quantitative estimate of drug-likeness (QED) is 0.396. The molecule has 9 nitrogen and oxygen atoms in total. The molecule has 1 aromatic carbocycles. The number of alkyl halides is 3. The Kier molecular flexibility index (Phi) is 6.59.